The molecule has 122 valence electrons. The molecule has 1 atom stereocenters. The van der Waals surface area contributed by atoms with Gasteiger partial charge in [0.15, 0.2) is 0 Å². The molecule has 1 heterocycles. The molecular formula is C15H29N3O3. The van der Waals surface area contributed by atoms with E-state index in [1.165, 1.54) is 0 Å². The Bertz CT molecular complexity index is 395. The molecule has 21 heavy (non-hydrogen) atoms. The minimum atomic E-state index is -0.465. The van der Waals surface area contributed by atoms with Crippen LogP contribution in [0, 0.1) is 0 Å². The Morgan fingerprint density at radius 3 is 2.48 bits per heavy atom. The fourth-order valence-corrected chi connectivity index (χ4v) is 2.15. The van der Waals surface area contributed by atoms with Crippen LogP contribution in [0.5, 0.6) is 0 Å². The molecular weight excluding hydrogens is 270 g/mol. The zero-order valence-corrected chi connectivity index (χ0v) is 14.1. The Morgan fingerprint density at radius 2 is 2.00 bits per heavy atom. The van der Waals surface area contributed by atoms with Crippen LogP contribution in [-0.4, -0.2) is 54.5 Å². The molecule has 0 aromatic heterocycles. The number of hydrogen-bond donors (Lipinski definition) is 1. The average Bonchev–Trinajstić information content (AvgIpc) is 2.74. The predicted octanol–water partition coefficient (Wildman–Crippen LogP) is 2.11. The Balaban J connectivity index is 2.45. The van der Waals surface area contributed by atoms with E-state index >= 15 is 0 Å². The summed E-state index contributed by atoms with van der Waals surface area (Å²) >= 11 is 0. The smallest absolute Gasteiger partial charge is 0.410 e. The first-order valence-electron chi connectivity index (χ1n) is 7.34. The number of hydrogen-bond acceptors (Lipinski definition) is 5. The highest BCUT2D eigenvalue weighted by Crippen LogP contribution is 2.18. The Morgan fingerprint density at radius 1 is 1.38 bits per heavy atom. The van der Waals surface area contributed by atoms with E-state index in [0.717, 1.165) is 17.7 Å². The van der Waals surface area contributed by atoms with Gasteiger partial charge in [0.25, 0.3) is 0 Å². The lowest BCUT2D eigenvalue weighted by molar-refractivity contribution is 0.0219. The molecule has 0 saturated carbocycles. The lowest BCUT2D eigenvalue weighted by Gasteiger charge is -2.24. The van der Waals surface area contributed by atoms with E-state index in [9.17, 15) is 4.79 Å². The summed E-state index contributed by atoms with van der Waals surface area (Å²) in [5.74, 6) is 5.78. The van der Waals surface area contributed by atoms with Gasteiger partial charge in [-0.2, -0.15) is 0 Å². The predicted molar refractivity (Wildman–Crippen MR) is 82.5 cm³/mol. The van der Waals surface area contributed by atoms with Crippen LogP contribution in [0.3, 0.4) is 0 Å². The van der Waals surface area contributed by atoms with Crippen LogP contribution in [0.15, 0.2) is 11.3 Å². The van der Waals surface area contributed by atoms with Crippen molar-refractivity contribution in [2.24, 2.45) is 5.84 Å². The molecule has 1 saturated heterocycles. The molecule has 1 amide bonds. The summed E-state index contributed by atoms with van der Waals surface area (Å²) in [5, 5.41) is 1.58. The second-order valence-electron chi connectivity index (χ2n) is 6.71. The first-order valence-corrected chi connectivity index (χ1v) is 7.34. The van der Waals surface area contributed by atoms with E-state index in [1.807, 2.05) is 34.6 Å². The van der Waals surface area contributed by atoms with Crippen LogP contribution in [0.1, 0.15) is 41.0 Å². The van der Waals surface area contributed by atoms with Gasteiger partial charge in [0.1, 0.15) is 5.60 Å². The number of hydrazine groups is 1. The van der Waals surface area contributed by atoms with Gasteiger partial charge >= 0.3 is 6.09 Å². The number of allylic oxidation sites excluding steroid dienone is 1. The monoisotopic (exact) mass is 299 g/mol. The van der Waals surface area contributed by atoms with Crippen molar-refractivity contribution >= 4 is 6.09 Å². The van der Waals surface area contributed by atoms with E-state index in [1.54, 1.807) is 17.0 Å². The van der Waals surface area contributed by atoms with Crippen LogP contribution in [0.2, 0.25) is 0 Å². The van der Waals surface area contributed by atoms with Crippen LogP contribution < -0.4 is 5.84 Å². The molecule has 1 aliphatic heterocycles. The van der Waals surface area contributed by atoms with Crippen molar-refractivity contribution in [3.63, 3.8) is 0 Å². The summed E-state index contributed by atoms with van der Waals surface area (Å²) in [6, 6.07) is 0. The van der Waals surface area contributed by atoms with Crippen molar-refractivity contribution in [3.05, 3.63) is 11.3 Å². The zero-order chi connectivity index (χ0) is 16.2. The second-order valence-corrected chi connectivity index (χ2v) is 6.71. The maximum absolute atomic E-state index is 12.0. The van der Waals surface area contributed by atoms with Gasteiger partial charge in [-0.05, 0) is 41.0 Å². The fourth-order valence-electron chi connectivity index (χ4n) is 2.15. The number of likely N-dealkylation sites (tertiary alicyclic amines) is 1. The van der Waals surface area contributed by atoms with Crippen molar-refractivity contribution < 1.29 is 14.3 Å². The number of carbonyl (C=O) groups is 1. The fraction of sp³-hybridized carbons (Fsp3) is 0.800. The van der Waals surface area contributed by atoms with Crippen molar-refractivity contribution in [2.45, 2.75) is 52.7 Å². The third-order valence-electron chi connectivity index (χ3n) is 3.26. The summed E-state index contributed by atoms with van der Waals surface area (Å²) < 4.78 is 11.2. The Kier molecular flexibility index (Phi) is 6.04. The van der Waals surface area contributed by atoms with Gasteiger partial charge in [-0.3, -0.25) is 0 Å². The highest BCUT2D eigenvalue weighted by Gasteiger charge is 2.30. The maximum atomic E-state index is 12.0. The number of nitrogens with zero attached hydrogens (tertiary/aromatic N) is 2. The quantitative estimate of drug-likeness (QED) is 0.636. The second kappa shape index (κ2) is 7.13. The third-order valence-corrected chi connectivity index (χ3v) is 3.26. The molecule has 1 fully saturated rings. The van der Waals surface area contributed by atoms with Gasteiger partial charge in [0.05, 0.1) is 25.0 Å². The summed E-state index contributed by atoms with van der Waals surface area (Å²) in [6.45, 7) is 11.3. The first-order chi connectivity index (χ1) is 9.60. The van der Waals surface area contributed by atoms with Crippen molar-refractivity contribution in [3.8, 4) is 0 Å². The summed E-state index contributed by atoms with van der Waals surface area (Å²) in [4.78, 5) is 13.7. The Hall–Kier alpha value is -1.27. The number of likely N-dealkylation sites (N-methyl/N-ethyl adjacent to an activating group) is 1. The van der Waals surface area contributed by atoms with E-state index in [4.69, 9.17) is 15.3 Å². The highest BCUT2D eigenvalue weighted by molar-refractivity contribution is 5.68. The molecule has 2 N–H and O–H groups in total. The molecule has 0 spiro atoms. The van der Waals surface area contributed by atoms with Crippen molar-refractivity contribution in [1.29, 1.82) is 0 Å². The van der Waals surface area contributed by atoms with Crippen LogP contribution >= 0.6 is 0 Å². The molecule has 0 aliphatic carbocycles. The van der Waals surface area contributed by atoms with Gasteiger partial charge in [0.2, 0.25) is 0 Å². The van der Waals surface area contributed by atoms with Crippen molar-refractivity contribution in [1.82, 2.24) is 9.91 Å². The number of carbonyl (C=O) groups excluding carboxylic acids is 1. The standard InChI is InChI=1S/C15H29N3O3/c1-11(2)13(17(6)16)10-20-12-7-8-18(9-12)14(19)21-15(3,4)5/h12H,7-10,16H2,1-6H3. The van der Waals surface area contributed by atoms with E-state index in [0.29, 0.717) is 19.7 Å². The third kappa shape index (κ3) is 5.93. The molecule has 6 heteroatoms. The van der Waals surface area contributed by atoms with Crippen LogP contribution in [0.25, 0.3) is 0 Å². The van der Waals surface area contributed by atoms with Gasteiger partial charge in [-0.25, -0.2) is 10.6 Å². The van der Waals surface area contributed by atoms with Gasteiger partial charge in [-0.1, -0.05) is 5.57 Å². The number of amides is 1. The maximum Gasteiger partial charge on any atom is 0.410 e. The van der Waals surface area contributed by atoms with Crippen LogP contribution in [-0.2, 0) is 9.47 Å². The van der Waals surface area contributed by atoms with E-state index < -0.39 is 5.60 Å². The molecule has 0 aromatic carbocycles. The largest absolute Gasteiger partial charge is 0.444 e. The zero-order valence-electron chi connectivity index (χ0n) is 14.1. The van der Waals surface area contributed by atoms with Gasteiger partial charge < -0.3 is 19.4 Å². The number of ether oxygens (including phenoxy) is 2. The normalized spacial score (nSPS) is 18.6. The van der Waals surface area contributed by atoms with E-state index in [-0.39, 0.29) is 12.2 Å². The lowest BCUT2D eigenvalue weighted by Crippen LogP contribution is -2.36. The lowest BCUT2D eigenvalue weighted by atomic mass is 10.2. The summed E-state index contributed by atoms with van der Waals surface area (Å²) in [5.41, 5.74) is 1.63. The molecule has 1 rings (SSSR count). The van der Waals surface area contributed by atoms with Crippen LogP contribution in [0.4, 0.5) is 4.79 Å². The van der Waals surface area contributed by atoms with E-state index in [2.05, 4.69) is 0 Å². The minimum Gasteiger partial charge on any atom is -0.444 e. The Labute approximate surface area is 127 Å². The summed E-state index contributed by atoms with van der Waals surface area (Å²) in [6.07, 6.45) is 0.586. The molecule has 1 unspecified atom stereocenters. The molecule has 0 radical (unpaired) electrons. The van der Waals surface area contributed by atoms with Gasteiger partial charge in [0, 0.05) is 13.6 Å². The molecule has 0 aromatic rings. The molecule has 0 bridgehead atoms. The van der Waals surface area contributed by atoms with Gasteiger partial charge in [-0.15, -0.1) is 0 Å². The number of nitrogens with two attached hydrogens (primary N) is 1. The topological polar surface area (TPSA) is 68.0 Å². The molecule has 1 aliphatic rings. The number of rotatable bonds is 4. The SMILES string of the molecule is CC(C)=C(COC1CCN(C(=O)OC(C)(C)C)C1)N(C)N. The minimum absolute atomic E-state index is 0.0341. The highest BCUT2D eigenvalue weighted by atomic mass is 16.6. The molecule has 6 nitrogen and oxygen atoms in total. The average molecular weight is 299 g/mol. The first kappa shape index (κ1) is 17.8. The van der Waals surface area contributed by atoms with Crippen molar-refractivity contribution in [2.75, 3.05) is 26.7 Å². The summed E-state index contributed by atoms with van der Waals surface area (Å²) in [7, 11) is 1.80.